The van der Waals surface area contributed by atoms with Gasteiger partial charge < -0.3 is 19.9 Å². The van der Waals surface area contributed by atoms with Crippen LogP contribution in [-0.2, 0) is 6.61 Å². The van der Waals surface area contributed by atoms with Crippen molar-refractivity contribution in [2.75, 3.05) is 13.7 Å². The van der Waals surface area contributed by atoms with Crippen LogP contribution in [0.2, 0.25) is 0 Å². The van der Waals surface area contributed by atoms with Crippen molar-refractivity contribution in [3.05, 3.63) is 59.7 Å². The monoisotopic (exact) mass is 367 g/mol. The molecule has 1 saturated carbocycles. The van der Waals surface area contributed by atoms with Crippen molar-refractivity contribution in [2.24, 2.45) is 5.92 Å². The molecule has 1 saturated heterocycles. The van der Waals surface area contributed by atoms with Crippen molar-refractivity contribution < 1.29 is 14.6 Å². The lowest BCUT2D eigenvalue weighted by atomic mass is 9.67. The van der Waals surface area contributed by atoms with Crippen molar-refractivity contribution in [1.29, 1.82) is 0 Å². The average molecular weight is 367 g/mol. The molecule has 2 aromatic rings. The number of hydrogen-bond donors (Lipinski definition) is 2. The lowest BCUT2D eigenvalue weighted by Crippen LogP contribution is -2.53. The van der Waals surface area contributed by atoms with Gasteiger partial charge in [0.2, 0.25) is 0 Å². The normalized spacial score (nSPS) is 27.6. The van der Waals surface area contributed by atoms with Crippen LogP contribution in [0.3, 0.4) is 0 Å². The second-order valence-electron chi connectivity index (χ2n) is 7.82. The minimum absolute atomic E-state index is 0.168. The Morgan fingerprint density at radius 3 is 2.74 bits per heavy atom. The van der Waals surface area contributed by atoms with E-state index in [9.17, 15) is 5.11 Å². The van der Waals surface area contributed by atoms with E-state index in [0.29, 0.717) is 6.61 Å². The maximum absolute atomic E-state index is 11.1. The van der Waals surface area contributed by atoms with Crippen molar-refractivity contribution in [1.82, 2.24) is 5.32 Å². The summed E-state index contributed by atoms with van der Waals surface area (Å²) >= 11 is 0. The number of benzene rings is 2. The van der Waals surface area contributed by atoms with E-state index in [1.54, 1.807) is 7.11 Å². The number of ether oxygens (including phenoxy) is 2. The molecule has 27 heavy (non-hydrogen) atoms. The minimum atomic E-state index is -0.524. The Kier molecular flexibility index (Phi) is 5.37. The maximum atomic E-state index is 11.1. The molecule has 0 unspecified atom stereocenters. The summed E-state index contributed by atoms with van der Waals surface area (Å²) in [4.78, 5) is 0. The number of aliphatic hydroxyl groups is 1. The Morgan fingerprint density at radius 1 is 1.07 bits per heavy atom. The molecule has 3 atom stereocenters. The van der Waals surface area contributed by atoms with Crippen LogP contribution in [0.5, 0.6) is 11.5 Å². The Hall–Kier alpha value is -2.04. The molecule has 2 aromatic carbocycles. The van der Waals surface area contributed by atoms with Gasteiger partial charge in [0, 0.05) is 12.0 Å². The molecule has 0 amide bonds. The van der Waals surface area contributed by atoms with E-state index < -0.39 is 5.60 Å². The zero-order chi connectivity index (χ0) is 18.7. The first-order valence-electron chi connectivity index (χ1n) is 10.00. The van der Waals surface area contributed by atoms with Crippen LogP contribution in [0.25, 0.3) is 0 Å². The lowest BCUT2D eigenvalue weighted by molar-refractivity contribution is -0.0861. The van der Waals surface area contributed by atoms with Crippen LogP contribution >= 0.6 is 0 Å². The highest BCUT2D eigenvalue weighted by Crippen LogP contribution is 2.46. The molecular formula is C23H29NO3. The van der Waals surface area contributed by atoms with E-state index in [1.165, 1.54) is 12.0 Å². The largest absolute Gasteiger partial charge is 0.493 e. The zero-order valence-electron chi connectivity index (χ0n) is 16.0. The second-order valence-corrected chi connectivity index (χ2v) is 7.82. The molecule has 0 spiro atoms. The molecule has 4 rings (SSSR count). The number of methoxy groups -OCH3 is 1. The van der Waals surface area contributed by atoms with Crippen molar-refractivity contribution in [2.45, 2.75) is 50.4 Å². The van der Waals surface area contributed by atoms with E-state index in [4.69, 9.17) is 9.47 Å². The summed E-state index contributed by atoms with van der Waals surface area (Å²) in [5, 5.41) is 14.8. The van der Waals surface area contributed by atoms with Gasteiger partial charge in [0.15, 0.2) is 11.5 Å². The third-order valence-electron chi connectivity index (χ3n) is 6.17. The van der Waals surface area contributed by atoms with Crippen LogP contribution in [0, 0.1) is 5.92 Å². The topological polar surface area (TPSA) is 50.7 Å². The second kappa shape index (κ2) is 7.91. The van der Waals surface area contributed by atoms with Crippen molar-refractivity contribution in [3.63, 3.8) is 0 Å². The summed E-state index contributed by atoms with van der Waals surface area (Å²) < 4.78 is 11.6. The molecule has 0 radical (unpaired) electrons. The summed E-state index contributed by atoms with van der Waals surface area (Å²) in [7, 11) is 1.68. The summed E-state index contributed by atoms with van der Waals surface area (Å²) in [6, 6.07) is 16.5. The van der Waals surface area contributed by atoms with Crippen LogP contribution in [0.1, 0.15) is 49.3 Å². The fourth-order valence-corrected chi connectivity index (χ4v) is 4.71. The van der Waals surface area contributed by atoms with Gasteiger partial charge in [-0.3, -0.25) is 0 Å². The van der Waals surface area contributed by atoms with E-state index in [-0.39, 0.29) is 12.0 Å². The van der Waals surface area contributed by atoms with Gasteiger partial charge in [-0.1, -0.05) is 49.2 Å². The Labute approximate surface area is 161 Å². The molecule has 144 valence electrons. The van der Waals surface area contributed by atoms with Gasteiger partial charge in [-0.15, -0.1) is 0 Å². The standard InChI is InChI=1S/C23H29NO3/c1-26-21-15-18(10-11-20(21)27-16-17-7-3-2-4-8-17)22-19-9-5-6-12-23(19,25)13-14-24-22/h2-4,7-8,10-11,15,19,22,24-25H,5-6,9,12-14,16H2,1H3/t19-,22+,23+/m1/s1. The summed E-state index contributed by atoms with van der Waals surface area (Å²) in [6.45, 7) is 1.37. The van der Waals surface area contributed by atoms with Crippen LogP contribution < -0.4 is 14.8 Å². The molecule has 0 bridgehead atoms. The molecule has 2 aliphatic rings. The fourth-order valence-electron chi connectivity index (χ4n) is 4.71. The third kappa shape index (κ3) is 3.83. The zero-order valence-corrected chi connectivity index (χ0v) is 16.0. The van der Waals surface area contributed by atoms with Crippen LogP contribution in [-0.4, -0.2) is 24.4 Å². The summed E-state index contributed by atoms with van der Waals surface area (Å²) in [6.07, 6.45) is 5.17. The van der Waals surface area contributed by atoms with Gasteiger partial charge in [-0.25, -0.2) is 0 Å². The predicted molar refractivity (Wildman–Crippen MR) is 106 cm³/mol. The van der Waals surface area contributed by atoms with Gasteiger partial charge in [0.1, 0.15) is 6.61 Å². The fraction of sp³-hybridized carbons (Fsp3) is 0.478. The van der Waals surface area contributed by atoms with Gasteiger partial charge in [-0.05, 0) is 49.1 Å². The van der Waals surface area contributed by atoms with E-state index in [2.05, 4.69) is 29.6 Å². The minimum Gasteiger partial charge on any atom is -0.493 e. The van der Waals surface area contributed by atoms with Gasteiger partial charge in [0.25, 0.3) is 0 Å². The smallest absolute Gasteiger partial charge is 0.161 e. The van der Waals surface area contributed by atoms with E-state index in [1.807, 2.05) is 24.3 Å². The Balaban J connectivity index is 1.53. The Morgan fingerprint density at radius 2 is 1.93 bits per heavy atom. The SMILES string of the molecule is COc1cc([C@@H]2NCC[C@@]3(O)CCCC[C@H]23)ccc1OCc1ccccc1. The first kappa shape index (κ1) is 18.3. The first-order valence-corrected chi connectivity index (χ1v) is 10.00. The quantitative estimate of drug-likeness (QED) is 0.830. The number of piperidine rings is 1. The van der Waals surface area contributed by atoms with Gasteiger partial charge >= 0.3 is 0 Å². The van der Waals surface area contributed by atoms with Crippen molar-refractivity contribution in [3.8, 4) is 11.5 Å². The number of fused-ring (bicyclic) bond motifs is 1. The molecule has 4 nitrogen and oxygen atoms in total. The highest BCUT2D eigenvalue weighted by atomic mass is 16.5. The first-order chi connectivity index (χ1) is 13.2. The van der Waals surface area contributed by atoms with Gasteiger partial charge in [0.05, 0.1) is 12.7 Å². The predicted octanol–water partition coefficient (Wildman–Crippen LogP) is 4.23. The number of rotatable bonds is 5. The molecule has 4 heteroatoms. The third-order valence-corrected chi connectivity index (χ3v) is 6.17. The lowest BCUT2D eigenvalue weighted by Gasteiger charge is -2.48. The molecule has 2 N–H and O–H groups in total. The van der Waals surface area contributed by atoms with Crippen LogP contribution in [0.15, 0.2) is 48.5 Å². The molecule has 2 fully saturated rings. The molecule has 1 heterocycles. The Bertz CT molecular complexity index is 759. The molecule has 0 aromatic heterocycles. The molecule has 1 aliphatic heterocycles. The summed E-state index contributed by atoms with van der Waals surface area (Å²) in [5.74, 6) is 1.76. The van der Waals surface area contributed by atoms with E-state index >= 15 is 0 Å². The maximum Gasteiger partial charge on any atom is 0.161 e. The highest BCUT2D eigenvalue weighted by Gasteiger charge is 2.45. The molecule has 1 aliphatic carbocycles. The van der Waals surface area contributed by atoms with E-state index in [0.717, 1.165) is 49.3 Å². The summed E-state index contributed by atoms with van der Waals surface area (Å²) in [5.41, 5.74) is 1.78. The molecular weight excluding hydrogens is 338 g/mol. The number of hydrogen-bond acceptors (Lipinski definition) is 4. The number of nitrogens with one attached hydrogen (secondary N) is 1. The highest BCUT2D eigenvalue weighted by molar-refractivity contribution is 5.44. The van der Waals surface area contributed by atoms with Crippen molar-refractivity contribution >= 4 is 0 Å². The average Bonchev–Trinajstić information content (AvgIpc) is 2.72. The van der Waals surface area contributed by atoms with Crippen LogP contribution in [0.4, 0.5) is 0 Å². The van der Waals surface area contributed by atoms with Gasteiger partial charge in [-0.2, -0.15) is 0 Å².